The van der Waals surface area contributed by atoms with Crippen LogP contribution in [0.1, 0.15) is 33.0 Å². The maximum absolute atomic E-state index is 12.5. The van der Waals surface area contributed by atoms with Crippen LogP contribution >= 0.6 is 11.3 Å². The molecule has 1 unspecified atom stereocenters. The highest BCUT2D eigenvalue weighted by Crippen LogP contribution is 2.36. The normalized spacial score (nSPS) is 19.5. The van der Waals surface area contributed by atoms with Crippen LogP contribution in [0.2, 0.25) is 0 Å². The standard InChI is InChI=1S/C21H21N3O5S/c25-19-9-13(11-24(19)14-4-5-15-16(10-14)29-7-6-28-15)20(26)22-23-21(27)18-8-12-2-1-3-17(12)30-18/h4-5,8,10,13H,1-3,6-7,9,11H2,(H,22,26)(H,23,27). The molecule has 2 N–H and O–H groups in total. The summed E-state index contributed by atoms with van der Waals surface area (Å²) in [5.41, 5.74) is 6.85. The second-order valence-corrected chi connectivity index (χ2v) is 8.73. The van der Waals surface area contributed by atoms with Gasteiger partial charge in [0.2, 0.25) is 11.8 Å². The molecule has 0 radical (unpaired) electrons. The molecule has 30 heavy (non-hydrogen) atoms. The highest BCUT2D eigenvalue weighted by molar-refractivity contribution is 7.14. The summed E-state index contributed by atoms with van der Waals surface area (Å²) in [6, 6.07) is 7.20. The molecule has 0 bridgehead atoms. The van der Waals surface area contributed by atoms with Gasteiger partial charge >= 0.3 is 0 Å². The van der Waals surface area contributed by atoms with Crippen molar-refractivity contribution in [2.75, 3.05) is 24.7 Å². The van der Waals surface area contributed by atoms with Crippen LogP contribution < -0.4 is 25.2 Å². The zero-order valence-electron chi connectivity index (χ0n) is 16.2. The summed E-state index contributed by atoms with van der Waals surface area (Å²) in [7, 11) is 0. The van der Waals surface area contributed by atoms with Crippen molar-refractivity contribution in [1.82, 2.24) is 10.9 Å². The minimum absolute atomic E-state index is 0.0867. The third kappa shape index (κ3) is 3.49. The lowest BCUT2D eigenvalue weighted by Crippen LogP contribution is -2.45. The van der Waals surface area contributed by atoms with Gasteiger partial charge in [-0.2, -0.15) is 0 Å². The van der Waals surface area contributed by atoms with Gasteiger partial charge in [-0.25, -0.2) is 0 Å². The Balaban J connectivity index is 1.19. The number of hydrogen-bond acceptors (Lipinski definition) is 6. The number of nitrogens with one attached hydrogen (secondary N) is 2. The van der Waals surface area contributed by atoms with Crippen LogP contribution in [0, 0.1) is 5.92 Å². The molecule has 156 valence electrons. The number of anilines is 1. The van der Waals surface area contributed by atoms with E-state index in [0.717, 1.165) is 19.3 Å². The Morgan fingerprint density at radius 3 is 2.73 bits per heavy atom. The molecule has 3 aliphatic rings. The lowest BCUT2D eigenvalue weighted by molar-refractivity contribution is -0.126. The van der Waals surface area contributed by atoms with Crippen LogP contribution in [0.4, 0.5) is 5.69 Å². The van der Waals surface area contributed by atoms with Crippen molar-refractivity contribution < 1.29 is 23.9 Å². The number of carbonyl (C=O) groups excluding carboxylic acids is 3. The molecule has 1 saturated heterocycles. The first-order chi connectivity index (χ1) is 14.6. The van der Waals surface area contributed by atoms with Crippen molar-refractivity contribution in [1.29, 1.82) is 0 Å². The molecule has 2 aromatic rings. The van der Waals surface area contributed by atoms with E-state index >= 15 is 0 Å². The lowest BCUT2D eigenvalue weighted by Gasteiger charge is -2.22. The quantitative estimate of drug-likeness (QED) is 0.729. The average Bonchev–Trinajstić information content (AvgIpc) is 3.46. The van der Waals surface area contributed by atoms with Crippen LogP contribution in [0.15, 0.2) is 24.3 Å². The number of fused-ring (bicyclic) bond motifs is 2. The average molecular weight is 427 g/mol. The van der Waals surface area contributed by atoms with Crippen LogP contribution in [-0.4, -0.2) is 37.5 Å². The number of ether oxygens (including phenoxy) is 2. The second kappa shape index (κ2) is 7.64. The van der Waals surface area contributed by atoms with Crippen LogP contribution in [0.3, 0.4) is 0 Å². The van der Waals surface area contributed by atoms with Crippen molar-refractivity contribution in [3.8, 4) is 11.5 Å². The van der Waals surface area contributed by atoms with Crippen molar-refractivity contribution in [2.45, 2.75) is 25.7 Å². The van der Waals surface area contributed by atoms with Crippen LogP contribution in [-0.2, 0) is 22.4 Å². The molecule has 5 rings (SSSR count). The van der Waals surface area contributed by atoms with E-state index in [1.165, 1.54) is 21.8 Å². The summed E-state index contributed by atoms with van der Waals surface area (Å²) in [6.07, 6.45) is 3.24. The summed E-state index contributed by atoms with van der Waals surface area (Å²) >= 11 is 1.48. The molecule has 9 heteroatoms. The second-order valence-electron chi connectivity index (χ2n) is 7.59. The fourth-order valence-corrected chi connectivity index (χ4v) is 5.20. The highest BCUT2D eigenvalue weighted by Gasteiger charge is 2.36. The van der Waals surface area contributed by atoms with E-state index in [2.05, 4.69) is 10.9 Å². The molecule has 1 fully saturated rings. The molecule has 1 aliphatic carbocycles. The Bertz CT molecular complexity index is 1010. The first kappa shape index (κ1) is 18.9. The van der Waals surface area contributed by atoms with Gasteiger partial charge in [-0.05, 0) is 43.0 Å². The van der Waals surface area contributed by atoms with E-state index in [4.69, 9.17) is 9.47 Å². The Hall–Kier alpha value is -3.07. The molecule has 0 spiro atoms. The lowest BCUT2D eigenvalue weighted by atomic mass is 10.1. The summed E-state index contributed by atoms with van der Waals surface area (Å²) in [5, 5.41) is 0. The van der Waals surface area contributed by atoms with Gasteiger partial charge in [-0.3, -0.25) is 25.2 Å². The molecule has 1 aromatic carbocycles. The molecule has 0 saturated carbocycles. The molecule has 3 heterocycles. The number of hydrogen-bond donors (Lipinski definition) is 2. The van der Waals surface area contributed by atoms with Crippen molar-refractivity contribution >= 4 is 34.7 Å². The fraction of sp³-hybridized carbons (Fsp3) is 0.381. The Morgan fingerprint density at radius 2 is 1.90 bits per heavy atom. The smallest absolute Gasteiger partial charge is 0.279 e. The number of hydrazine groups is 1. The number of amides is 3. The SMILES string of the molecule is O=C(NNC(=O)C1CC(=O)N(c2ccc3c(c2)OCCO3)C1)c1cc2c(s1)CCC2. The maximum atomic E-state index is 12.5. The van der Waals surface area contributed by atoms with Gasteiger partial charge in [0.15, 0.2) is 11.5 Å². The van der Waals surface area contributed by atoms with Gasteiger partial charge in [0.1, 0.15) is 13.2 Å². The first-order valence-electron chi connectivity index (χ1n) is 10.0. The molecule has 2 aliphatic heterocycles. The van der Waals surface area contributed by atoms with E-state index < -0.39 is 5.92 Å². The highest BCUT2D eigenvalue weighted by atomic mass is 32.1. The molecular formula is C21H21N3O5S. The number of nitrogens with zero attached hydrogens (tertiary/aromatic N) is 1. The minimum Gasteiger partial charge on any atom is -0.486 e. The fourth-order valence-electron chi connectivity index (χ4n) is 4.06. The van der Waals surface area contributed by atoms with E-state index in [1.54, 1.807) is 23.1 Å². The van der Waals surface area contributed by atoms with Gasteiger partial charge < -0.3 is 14.4 Å². The third-order valence-electron chi connectivity index (χ3n) is 5.60. The number of benzene rings is 1. The zero-order chi connectivity index (χ0) is 20.7. The maximum Gasteiger partial charge on any atom is 0.279 e. The molecule has 8 nitrogen and oxygen atoms in total. The predicted molar refractivity (Wildman–Crippen MR) is 110 cm³/mol. The van der Waals surface area contributed by atoms with Gasteiger partial charge in [0.05, 0.1) is 10.8 Å². The number of thiophene rings is 1. The van der Waals surface area contributed by atoms with Crippen molar-refractivity contribution in [3.05, 3.63) is 39.6 Å². The van der Waals surface area contributed by atoms with E-state index in [9.17, 15) is 14.4 Å². The summed E-state index contributed by atoms with van der Waals surface area (Å²) < 4.78 is 11.1. The monoisotopic (exact) mass is 427 g/mol. The summed E-state index contributed by atoms with van der Waals surface area (Å²) in [4.78, 5) is 40.8. The first-order valence-corrected chi connectivity index (χ1v) is 10.8. The molecule has 1 atom stereocenters. The molecule has 1 aromatic heterocycles. The van der Waals surface area contributed by atoms with E-state index in [0.29, 0.717) is 35.3 Å². The van der Waals surface area contributed by atoms with Crippen LogP contribution in [0.5, 0.6) is 11.5 Å². The number of carbonyl (C=O) groups is 3. The van der Waals surface area contributed by atoms with Crippen molar-refractivity contribution in [3.63, 3.8) is 0 Å². The predicted octanol–water partition coefficient (Wildman–Crippen LogP) is 1.82. The van der Waals surface area contributed by atoms with Gasteiger partial charge in [0, 0.05) is 29.6 Å². The zero-order valence-corrected chi connectivity index (χ0v) is 17.0. The number of rotatable bonds is 3. The molecule has 3 amide bonds. The van der Waals surface area contributed by atoms with Crippen molar-refractivity contribution in [2.24, 2.45) is 5.92 Å². The third-order valence-corrected chi connectivity index (χ3v) is 6.84. The van der Waals surface area contributed by atoms with Gasteiger partial charge in [0.25, 0.3) is 5.91 Å². The van der Waals surface area contributed by atoms with E-state index in [-0.39, 0.29) is 30.7 Å². The summed E-state index contributed by atoms with van der Waals surface area (Å²) in [6.45, 7) is 1.20. The molecular weight excluding hydrogens is 406 g/mol. The largest absolute Gasteiger partial charge is 0.486 e. The Kier molecular flexibility index (Phi) is 4.82. The minimum atomic E-state index is -0.542. The Morgan fingerprint density at radius 1 is 1.07 bits per heavy atom. The topological polar surface area (TPSA) is 97.0 Å². The Labute approximate surface area is 177 Å². The number of aryl methyl sites for hydroxylation is 2. The summed E-state index contributed by atoms with van der Waals surface area (Å²) in [5.74, 6) is -0.147. The van der Waals surface area contributed by atoms with Gasteiger partial charge in [-0.1, -0.05) is 0 Å². The van der Waals surface area contributed by atoms with E-state index in [1.807, 2.05) is 6.07 Å². The van der Waals surface area contributed by atoms with Gasteiger partial charge in [-0.15, -0.1) is 11.3 Å². The van der Waals surface area contributed by atoms with Crippen LogP contribution in [0.25, 0.3) is 0 Å².